The van der Waals surface area contributed by atoms with Crippen LogP contribution in [-0.4, -0.2) is 0 Å². The van der Waals surface area contributed by atoms with Crippen molar-refractivity contribution < 1.29 is 48.1 Å². The largest absolute Gasteiger partial charge is 1.00 e. The van der Waals surface area contributed by atoms with Gasteiger partial charge in [-0.15, -0.1) is 0 Å². The van der Waals surface area contributed by atoms with E-state index >= 15 is 0 Å². The summed E-state index contributed by atoms with van der Waals surface area (Å²) in [6, 6.07) is 14.5. The molecule has 0 saturated heterocycles. The summed E-state index contributed by atoms with van der Waals surface area (Å²) in [7, 11) is -4.49. The van der Waals surface area contributed by atoms with Gasteiger partial charge in [0.25, 0.3) is 0 Å². The zero-order valence-electron chi connectivity index (χ0n) is 21.6. The van der Waals surface area contributed by atoms with Gasteiger partial charge < -0.3 is 13.9 Å². The third-order valence-electron chi connectivity index (χ3n) is 5.92. The van der Waals surface area contributed by atoms with E-state index in [1.54, 1.807) is 24.3 Å². The molecule has 184 valence electrons. The van der Waals surface area contributed by atoms with Crippen LogP contribution in [0, 0.1) is 0 Å². The number of rotatable bonds is 18. The van der Waals surface area contributed by atoms with Crippen LogP contribution in [0.1, 0.15) is 102 Å². The average molecular weight is 497 g/mol. The Bertz CT molecular complexity index is 743. The van der Waals surface area contributed by atoms with Crippen LogP contribution in [-0.2, 0) is 17.4 Å². The van der Waals surface area contributed by atoms with Crippen LogP contribution in [0.15, 0.2) is 48.5 Å². The zero-order valence-corrected chi connectivity index (χ0v) is 24.5. The van der Waals surface area contributed by atoms with Gasteiger partial charge in [-0.05, 0) is 61.1 Å². The van der Waals surface area contributed by atoms with Gasteiger partial charge in [0.05, 0.1) is 0 Å². The predicted octanol–water partition coefficient (Wildman–Crippen LogP) is 5.42. The van der Waals surface area contributed by atoms with Crippen molar-refractivity contribution in [1.82, 2.24) is 0 Å². The van der Waals surface area contributed by atoms with Crippen molar-refractivity contribution in [3.05, 3.63) is 59.7 Å². The Morgan fingerprint density at radius 1 is 0.588 bits per heavy atom. The first kappa shape index (κ1) is 31.3. The Labute approximate surface area is 229 Å². The fourth-order valence-electron chi connectivity index (χ4n) is 3.93. The molecule has 0 fully saturated rings. The third-order valence-corrected chi connectivity index (χ3v) is 6.79. The molecule has 0 aromatic heterocycles. The van der Waals surface area contributed by atoms with Crippen LogP contribution in [0.2, 0.25) is 0 Å². The summed E-state index contributed by atoms with van der Waals surface area (Å²) in [5.74, 6) is 0.555. The second-order valence-corrected chi connectivity index (χ2v) is 10.2. The van der Waals surface area contributed by atoms with E-state index in [0.29, 0.717) is 0 Å². The van der Waals surface area contributed by atoms with Crippen LogP contribution in [0.3, 0.4) is 0 Å². The molecule has 0 aliphatic heterocycles. The maximum Gasteiger partial charge on any atom is 1.00 e. The van der Waals surface area contributed by atoms with Gasteiger partial charge in [0.2, 0.25) is 0 Å². The molecule has 0 aliphatic carbocycles. The molecule has 0 saturated carbocycles. The van der Waals surface area contributed by atoms with Gasteiger partial charge in [-0.2, -0.15) is 0 Å². The summed E-state index contributed by atoms with van der Waals surface area (Å²) < 4.78 is 22.6. The molecule has 2 aromatic rings. The first-order valence-corrected chi connectivity index (χ1v) is 14.4. The monoisotopic (exact) mass is 496 g/mol. The number of unbranched alkanes of at least 4 members (excludes halogenated alkanes) is 10. The fourth-order valence-corrected chi connectivity index (χ4v) is 4.73. The smallest absolute Gasteiger partial charge is 0.736 e. The maximum absolute atomic E-state index is 12.3. The van der Waals surface area contributed by atoms with E-state index in [1.165, 1.54) is 75.3 Å². The molecule has 0 heterocycles. The first-order valence-electron chi connectivity index (χ1n) is 12.9. The Morgan fingerprint density at radius 2 is 0.912 bits per heavy atom. The summed E-state index contributed by atoms with van der Waals surface area (Å²) in [6.07, 6.45) is 17.1. The molecule has 2 rings (SSSR count). The summed E-state index contributed by atoms with van der Waals surface area (Å²) in [4.78, 5) is 12.3. The van der Waals surface area contributed by atoms with E-state index in [4.69, 9.17) is 9.05 Å². The second-order valence-electron chi connectivity index (χ2n) is 8.95. The molecular weight excluding hydrogens is 454 g/mol. The average Bonchev–Trinajstić information content (AvgIpc) is 2.80. The van der Waals surface area contributed by atoms with Gasteiger partial charge in [0.15, 0.2) is 0 Å². The molecule has 0 amide bonds. The first-order chi connectivity index (χ1) is 16.0. The van der Waals surface area contributed by atoms with Gasteiger partial charge in [-0.25, -0.2) is 4.57 Å². The Morgan fingerprint density at radius 3 is 1.26 bits per heavy atom. The van der Waals surface area contributed by atoms with Crippen molar-refractivity contribution in [3.8, 4) is 11.5 Å². The van der Waals surface area contributed by atoms with Gasteiger partial charge in [-0.1, -0.05) is 102 Å². The van der Waals surface area contributed by atoms with E-state index in [1.807, 2.05) is 24.3 Å². The van der Waals surface area contributed by atoms with Gasteiger partial charge in [-0.3, -0.25) is 0 Å². The molecule has 6 heteroatoms. The maximum atomic E-state index is 12.3. The Hall–Kier alpha value is -0.770. The van der Waals surface area contributed by atoms with E-state index in [9.17, 15) is 9.46 Å². The normalized spacial score (nSPS) is 11.1. The van der Waals surface area contributed by atoms with Crippen LogP contribution < -0.4 is 43.5 Å². The van der Waals surface area contributed by atoms with E-state index in [2.05, 4.69) is 13.8 Å². The summed E-state index contributed by atoms with van der Waals surface area (Å²) >= 11 is 0. The minimum absolute atomic E-state index is 0. The molecule has 0 radical (unpaired) electrons. The quantitative estimate of drug-likeness (QED) is 0.157. The molecule has 4 nitrogen and oxygen atoms in total. The van der Waals surface area contributed by atoms with Gasteiger partial charge in [0, 0.05) is 0 Å². The molecule has 34 heavy (non-hydrogen) atoms. The summed E-state index contributed by atoms with van der Waals surface area (Å²) in [5, 5.41) is 0. The minimum atomic E-state index is -4.49. The van der Waals surface area contributed by atoms with Gasteiger partial charge >= 0.3 is 37.4 Å². The van der Waals surface area contributed by atoms with Crippen molar-refractivity contribution in [2.75, 3.05) is 0 Å². The van der Waals surface area contributed by atoms with Crippen molar-refractivity contribution in [2.45, 2.75) is 104 Å². The summed E-state index contributed by atoms with van der Waals surface area (Å²) in [6.45, 7) is 4.45. The minimum Gasteiger partial charge on any atom is -0.736 e. The van der Waals surface area contributed by atoms with Crippen molar-refractivity contribution in [1.29, 1.82) is 0 Å². The van der Waals surface area contributed by atoms with E-state index in [0.717, 1.165) is 25.7 Å². The van der Waals surface area contributed by atoms with E-state index < -0.39 is 7.82 Å². The van der Waals surface area contributed by atoms with Crippen LogP contribution in [0.25, 0.3) is 0 Å². The summed E-state index contributed by atoms with van der Waals surface area (Å²) in [5.41, 5.74) is 2.39. The van der Waals surface area contributed by atoms with E-state index in [-0.39, 0.29) is 41.1 Å². The van der Waals surface area contributed by atoms with Crippen molar-refractivity contribution in [3.63, 3.8) is 0 Å². The number of aryl methyl sites for hydroxylation is 2. The van der Waals surface area contributed by atoms with Crippen molar-refractivity contribution in [2.24, 2.45) is 0 Å². The molecule has 0 atom stereocenters. The van der Waals surface area contributed by atoms with Gasteiger partial charge in [0.1, 0.15) is 11.5 Å². The molecule has 0 spiro atoms. The molecular formula is C28H42NaO4P. The third kappa shape index (κ3) is 14.0. The van der Waals surface area contributed by atoms with Crippen LogP contribution in [0.4, 0.5) is 0 Å². The fraction of sp³-hybridized carbons (Fsp3) is 0.571. The molecule has 0 aliphatic rings. The number of hydrogen-bond acceptors (Lipinski definition) is 4. The van der Waals surface area contributed by atoms with Crippen LogP contribution in [0.5, 0.6) is 11.5 Å². The molecule has 2 aromatic carbocycles. The number of hydrogen-bond donors (Lipinski definition) is 0. The number of phosphoric ester groups is 1. The van der Waals surface area contributed by atoms with Crippen LogP contribution >= 0.6 is 7.82 Å². The standard InChI is InChI=1S/C28H43O4P.Na/c1-3-5-7-9-11-13-15-25-17-21-27(22-18-25)31-33(29,30)32-28-23-19-26(20-24-28)16-14-12-10-8-6-4-2;/h17-24H,3-16H2,1-2H3,(H,29,30);/q;+1/p-1. The topological polar surface area (TPSA) is 58.6 Å². The molecule has 0 unspecified atom stereocenters. The SMILES string of the molecule is CCCCCCCCc1ccc(OP(=O)([O-])Oc2ccc(CCCCCCCC)cc2)cc1.[Na+]. The van der Waals surface area contributed by atoms with Crippen molar-refractivity contribution >= 4 is 7.82 Å². The Balaban J connectivity index is 0.00000578. The zero-order chi connectivity index (χ0) is 23.8. The predicted molar refractivity (Wildman–Crippen MR) is 136 cm³/mol. The molecule has 0 N–H and O–H groups in total. The Kier molecular flexibility index (Phi) is 17.0. The second kappa shape index (κ2) is 18.5. The number of phosphoric acid groups is 1. The molecule has 0 bridgehead atoms. The number of benzene rings is 2.